The van der Waals surface area contributed by atoms with Crippen LogP contribution >= 0.6 is 11.8 Å². The Morgan fingerprint density at radius 1 is 1.15 bits per heavy atom. The predicted octanol–water partition coefficient (Wildman–Crippen LogP) is 3.06. The Bertz CT molecular complexity index is 1050. The third-order valence-electron chi connectivity index (χ3n) is 4.73. The Morgan fingerprint density at radius 2 is 1.96 bits per heavy atom. The van der Waals surface area contributed by atoms with Crippen molar-refractivity contribution in [1.29, 1.82) is 0 Å². The average Bonchev–Trinajstić information content (AvgIpc) is 3.22. The van der Waals surface area contributed by atoms with Crippen LogP contribution in [0, 0.1) is 0 Å². The van der Waals surface area contributed by atoms with Crippen molar-refractivity contribution in [2.24, 2.45) is 0 Å². The van der Waals surface area contributed by atoms with Gasteiger partial charge in [0, 0.05) is 24.4 Å². The topological polar surface area (TPSA) is 60.1 Å². The number of hydrogen-bond donors (Lipinski definition) is 0. The monoisotopic (exact) mass is 368 g/mol. The zero-order valence-electron chi connectivity index (χ0n) is 14.8. The summed E-state index contributed by atoms with van der Waals surface area (Å²) in [6.07, 6.45) is 3.43. The summed E-state index contributed by atoms with van der Waals surface area (Å²) in [5.74, 6) is 1.39. The molecule has 0 spiro atoms. The minimum Gasteiger partial charge on any atom is -0.297 e. The summed E-state index contributed by atoms with van der Waals surface area (Å²) >= 11 is 1.64. The van der Waals surface area contributed by atoms with Gasteiger partial charge in [-0.15, -0.1) is 11.8 Å². The number of hydrogen-bond acceptors (Lipinski definition) is 4. The first-order chi connectivity index (χ1) is 12.6. The number of carbonyl (C=O) groups is 1. The van der Waals surface area contributed by atoms with E-state index in [9.17, 15) is 9.59 Å². The molecule has 7 heteroatoms. The second-order valence-electron chi connectivity index (χ2n) is 6.22. The highest BCUT2D eigenvalue weighted by Gasteiger charge is 2.23. The van der Waals surface area contributed by atoms with Gasteiger partial charge < -0.3 is 0 Å². The van der Waals surface area contributed by atoms with Crippen molar-refractivity contribution >= 4 is 34.4 Å². The average molecular weight is 368 g/mol. The van der Waals surface area contributed by atoms with Crippen LogP contribution in [0.15, 0.2) is 46.1 Å². The second-order valence-corrected chi connectivity index (χ2v) is 7.10. The number of carbonyl (C=O) groups excluding carboxylic acids is 1. The van der Waals surface area contributed by atoms with Crippen molar-refractivity contribution in [2.45, 2.75) is 31.2 Å². The van der Waals surface area contributed by atoms with Crippen LogP contribution in [0.2, 0.25) is 0 Å². The minimum absolute atomic E-state index is 0.0281. The fraction of sp³-hybridized carbons (Fsp3) is 0.316. The summed E-state index contributed by atoms with van der Waals surface area (Å²) in [6.45, 7) is 3.18. The van der Waals surface area contributed by atoms with Gasteiger partial charge in [0.2, 0.25) is 5.91 Å². The molecule has 3 aromatic rings. The molecule has 1 fully saturated rings. The van der Waals surface area contributed by atoms with Gasteiger partial charge in [0.05, 0.1) is 10.9 Å². The lowest BCUT2D eigenvalue weighted by Crippen LogP contribution is -2.26. The second kappa shape index (κ2) is 6.64. The van der Waals surface area contributed by atoms with Crippen LogP contribution in [0.4, 0.5) is 5.82 Å². The molecule has 0 radical (unpaired) electrons. The van der Waals surface area contributed by atoms with Crippen molar-refractivity contribution in [3.63, 3.8) is 0 Å². The zero-order valence-corrected chi connectivity index (χ0v) is 15.6. The quantitative estimate of drug-likeness (QED) is 0.664. The SMILES string of the molecule is CCn1c(=O)c2ccc(SC)cc2n1-c1cccc(N2CCCC2=O)n1. The third kappa shape index (κ3) is 2.63. The van der Waals surface area contributed by atoms with Crippen molar-refractivity contribution in [2.75, 3.05) is 17.7 Å². The molecular weight excluding hydrogens is 348 g/mol. The molecule has 1 aromatic carbocycles. The van der Waals surface area contributed by atoms with E-state index >= 15 is 0 Å². The summed E-state index contributed by atoms with van der Waals surface area (Å²) < 4.78 is 3.55. The summed E-state index contributed by atoms with van der Waals surface area (Å²) in [7, 11) is 0. The number of nitrogens with zero attached hydrogens (tertiary/aromatic N) is 4. The Morgan fingerprint density at radius 3 is 2.65 bits per heavy atom. The lowest BCUT2D eigenvalue weighted by Gasteiger charge is -2.17. The lowest BCUT2D eigenvalue weighted by molar-refractivity contribution is -0.117. The Kier molecular flexibility index (Phi) is 4.32. The summed E-state index contributed by atoms with van der Waals surface area (Å²) in [6, 6.07) is 11.5. The van der Waals surface area contributed by atoms with E-state index in [1.807, 2.05) is 54.3 Å². The number of pyridine rings is 1. The fourth-order valence-corrected chi connectivity index (χ4v) is 3.89. The first kappa shape index (κ1) is 16.9. The molecule has 0 atom stereocenters. The maximum atomic E-state index is 12.8. The number of amides is 1. The maximum Gasteiger partial charge on any atom is 0.274 e. The van der Waals surface area contributed by atoms with Gasteiger partial charge in [0.25, 0.3) is 5.56 Å². The molecule has 0 bridgehead atoms. The molecule has 4 rings (SSSR count). The predicted molar refractivity (Wildman–Crippen MR) is 104 cm³/mol. The van der Waals surface area contributed by atoms with Gasteiger partial charge in [0.15, 0.2) is 5.82 Å². The molecule has 3 heterocycles. The van der Waals surface area contributed by atoms with Gasteiger partial charge in [-0.3, -0.25) is 14.5 Å². The van der Waals surface area contributed by atoms with Crippen LogP contribution in [0.3, 0.4) is 0 Å². The van der Waals surface area contributed by atoms with Crippen LogP contribution in [0.1, 0.15) is 19.8 Å². The van der Waals surface area contributed by atoms with Crippen LogP contribution < -0.4 is 10.5 Å². The van der Waals surface area contributed by atoms with Crippen molar-refractivity contribution in [3.05, 3.63) is 46.8 Å². The highest BCUT2D eigenvalue weighted by molar-refractivity contribution is 7.98. The van der Waals surface area contributed by atoms with Crippen LogP contribution in [-0.2, 0) is 11.3 Å². The largest absolute Gasteiger partial charge is 0.297 e. The third-order valence-corrected chi connectivity index (χ3v) is 5.45. The molecule has 1 saturated heterocycles. The molecule has 0 N–H and O–H groups in total. The van der Waals surface area contributed by atoms with Gasteiger partial charge in [0.1, 0.15) is 5.82 Å². The molecule has 0 saturated carbocycles. The molecule has 134 valence electrons. The van der Waals surface area contributed by atoms with Gasteiger partial charge in [-0.25, -0.2) is 14.3 Å². The maximum absolute atomic E-state index is 12.8. The number of benzene rings is 1. The Balaban J connectivity index is 1.94. The zero-order chi connectivity index (χ0) is 18.3. The minimum atomic E-state index is -0.0281. The van der Waals surface area contributed by atoms with E-state index < -0.39 is 0 Å². The summed E-state index contributed by atoms with van der Waals surface area (Å²) in [5, 5.41) is 0.675. The van der Waals surface area contributed by atoms with E-state index in [-0.39, 0.29) is 11.5 Å². The molecule has 1 aliphatic heterocycles. The molecule has 1 aliphatic rings. The van der Waals surface area contributed by atoms with Gasteiger partial charge in [-0.2, -0.15) is 0 Å². The molecule has 1 amide bonds. The van der Waals surface area contributed by atoms with E-state index in [0.717, 1.165) is 16.8 Å². The summed E-state index contributed by atoms with van der Waals surface area (Å²) in [4.78, 5) is 32.4. The number of fused-ring (bicyclic) bond motifs is 1. The Labute approximate surface area is 155 Å². The highest BCUT2D eigenvalue weighted by atomic mass is 32.2. The van der Waals surface area contributed by atoms with Crippen LogP contribution in [-0.4, -0.2) is 33.1 Å². The van der Waals surface area contributed by atoms with Gasteiger partial charge in [-0.05, 0) is 49.9 Å². The van der Waals surface area contributed by atoms with E-state index in [2.05, 4.69) is 0 Å². The van der Waals surface area contributed by atoms with Gasteiger partial charge in [-0.1, -0.05) is 6.07 Å². The van der Waals surface area contributed by atoms with Crippen molar-refractivity contribution in [3.8, 4) is 5.82 Å². The molecule has 0 aliphatic carbocycles. The van der Waals surface area contributed by atoms with Crippen LogP contribution in [0.25, 0.3) is 16.7 Å². The van der Waals surface area contributed by atoms with Crippen LogP contribution in [0.5, 0.6) is 0 Å². The number of rotatable bonds is 4. The Hall–Kier alpha value is -2.54. The molecule has 26 heavy (non-hydrogen) atoms. The first-order valence-corrected chi connectivity index (χ1v) is 9.94. The van der Waals surface area contributed by atoms with Gasteiger partial charge >= 0.3 is 0 Å². The fourth-order valence-electron chi connectivity index (χ4n) is 3.46. The van der Waals surface area contributed by atoms with E-state index in [1.165, 1.54) is 0 Å². The van der Waals surface area contributed by atoms with Crippen molar-refractivity contribution < 1.29 is 4.79 Å². The molecular formula is C19H20N4O2S. The van der Waals surface area contributed by atoms with E-state index in [0.29, 0.717) is 36.5 Å². The number of anilines is 1. The number of thioether (sulfide) groups is 1. The standard InChI is InChI=1S/C19H20N4O2S/c1-3-22-19(25)14-10-9-13(26-2)12-15(14)23(22)17-7-4-6-16(20-17)21-11-5-8-18(21)24/h4,6-7,9-10,12H,3,5,8,11H2,1-2H3. The normalized spacial score (nSPS) is 14.5. The lowest BCUT2D eigenvalue weighted by atomic mass is 10.2. The highest BCUT2D eigenvalue weighted by Crippen LogP contribution is 2.25. The molecule has 2 aromatic heterocycles. The first-order valence-electron chi connectivity index (χ1n) is 8.71. The summed E-state index contributed by atoms with van der Waals surface area (Å²) in [5.41, 5.74) is 0.806. The molecule has 6 nitrogen and oxygen atoms in total. The van der Waals surface area contributed by atoms with E-state index in [4.69, 9.17) is 4.98 Å². The smallest absolute Gasteiger partial charge is 0.274 e. The number of aromatic nitrogens is 3. The van der Waals surface area contributed by atoms with E-state index in [1.54, 1.807) is 21.3 Å². The molecule has 0 unspecified atom stereocenters. The van der Waals surface area contributed by atoms with Crippen molar-refractivity contribution in [1.82, 2.24) is 14.3 Å².